The van der Waals surface area contributed by atoms with Crippen molar-refractivity contribution in [3.05, 3.63) is 0 Å². The van der Waals surface area contributed by atoms with Crippen molar-refractivity contribution in [2.24, 2.45) is 11.7 Å². The maximum Gasteiger partial charge on any atom is 0.0504 e. The molecule has 100 valence electrons. The first kappa shape index (κ1) is 13.5. The topological polar surface area (TPSA) is 52.3 Å². The molecule has 1 saturated carbocycles. The molecule has 17 heavy (non-hydrogen) atoms. The van der Waals surface area contributed by atoms with Gasteiger partial charge in [0.2, 0.25) is 0 Å². The van der Waals surface area contributed by atoms with Crippen LogP contribution in [0.25, 0.3) is 0 Å². The highest BCUT2D eigenvalue weighted by atomic mass is 32.2. The summed E-state index contributed by atoms with van der Waals surface area (Å²) in [7, 11) is -0.750. The molecule has 1 aliphatic carbocycles. The third-order valence-corrected chi connectivity index (χ3v) is 6.59. The lowest BCUT2D eigenvalue weighted by molar-refractivity contribution is 0.0989. The van der Waals surface area contributed by atoms with E-state index in [2.05, 4.69) is 6.92 Å². The minimum absolute atomic E-state index is 0.154. The van der Waals surface area contributed by atoms with Crippen LogP contribution in [0, 0.1) is 5.92 Å². The van der Waals surface area contributed by atoms with Gasteiger partial charge in [-0.15, -0.1) is 0 Å². The molecule has 1 saturated heterocycles. The molecule has 4 atom stereocenters. The summed E-state index contributed by atoms with van der Waals surface area (Å²) in [5.41, 5.74) is 6.18. The number of rotatable bonds is 3. The fourth-order valence-electron chi connectivity index (χ4n) is 3.03. The largest absolute Gasteiger partial charge is 0.381 e. The molecule has 2 rings (SSSR count). The summed E-state index contributed by atoms with van der Waals surface area (Å²) < 4.78 is 17.9. The van der Waals surface area contributed by atoms with Gasteiger partial charge in [-0.1, -0.05) is 13.3 Å². The van der Waals surface area contributed by atoms with E-state index in [1.807, 2.05) is 0 Å². The van der Waals surface area contributed by atoms with E-state index in [9.17, 15) is 4.21 Å². The van der Waals surface area contributed by atoms with Crippen molar-refractivity contribution in [2.45, 2.75) is 62.0 Å². The molecule has 3 nitrogen and oxygen atoms in total. The summed E-state index contributed by atoms with van der Waals surface area (Å²) >= 11 is 0. The minimum Gasteiger partial charge on any atom is -0.381 e. The van der Waals surface area contributed by atoms with E-state index in [4.69, 9.17) is 10.5 Å². The molecular weight excluding hydrogens is 234 g/mol. The zero-order valence-electron chi connectivity index (χ0n) is 10.8. The highest BCUT2D eigenvalue weighted by Crippen LogP contribution is 2.31. The lowest BCUT2D eigenvalue weighted by atomic mass is 9.84. The maximum atomic E-state index is 12.6. The molecule has 0 amide bonds. The van der Waals surface area contributed by atoms with Crippen LogP contribution in [0.3, 0.4) is 0 Å². The summed E-state index contributed by atoms with van der Waals surface area (Å²) in [6.45, 7) is 3.78. The van der Waals surface area contributed by atoms with Crippen LogP contribution in [-0.4, -0.2) is 34.0 Å². The zero-order valence-corrected chi connectivity index (χ0v) is 11.6. The molecule has 0 aromatic heterocycles. The van der Waals surface area contributed by atoms with Crippen molar-refractivity contribution in [1.82, 2.24) is 0 Å². The van der Waals surface area contributed by atoms with Gasteiger partial charge in [0, 0.05) is 35.3 Å². The molecule has 0 aromatic carbocycles. The molecule has 4 heteroatoms. The van der Waals surface area contributed by atoms with Crippen LogP contribution in [0.15, 0.2) is 0 Å². The summed E-state index contributed by atoms with van der Waals surface area (Å²) in [5, 5.41) is 0.562. The monoisotopic (exact) mass is 259 g/mol. The first-order valence-electron chi connectivity index (χ1n) is 6.95. The predicted octanol–water partition coefficient (Wildman–Crippen LogP) is 1.82. The summed E-state index contributed by atoms with van der Waals surface area (Å²) in [5.74, 6) is 0.739. The van der Waals surface area contributed by atoms with E-state index >= 15 is 0 Å². The Bertz CT molecular complexity index is 266. The van der Waals surface area contributed by atoms with Gasteiger partial charge in [0.05, 0.1) is 5.25 Å². The first-order chi connectivity index (χ1) is 8.22. The molecule has 2 N–H and O–H groups in total. The van der Waals surface area contributed by atoms with E-state index in [1.54, 1.807) is 0 Å². The average Bonchev–Trinajstić information content (AvgIpc) is 2.39. The standard InChI is InChI=1S/C13H25NO2S/c1-2-10-3-4-12(14)13(9-10)17(15)11-5-7-16-8-6-11/h10-13H,2-9,14H2,1H3. The quantitative estimate of drug-likeness (QED) is 0.841. The van der Waals surface area contributed by atoms with Gasteiger partial charge < -0.3 is 10.5 Å². The summed E-state index contributed by atoms with van der Waals surface area (Å²) in [4.78, 5) is 0. The van der Waals surface area contributed by atoms with Crippen molar-refractivity contribution in [1.29, 1.82) is 0 Å². The third kappa shape index (κ3) is 3.30. The molecule has 0 radical (unpaired) electrons. The molecule has 1 heterocycles. The lowest BCUT2D eigenvalue weighted by Crippen LogP contribution is -2.46. The third-order valence-electron chi connectivity index (χ3n) is 4.32. The average molecular weight is 259 g/mol. The number of ether oxygens (including phenoxy) is 1. The predicted molar refractivity (Wildman–Crippen MR) is 71.4 cm³/mol. The Morgan fingerprint density at radius 3 is 2.59 bits per heavy atom. The van der Waals surface area contributed by atoms with Gasteiger partial charge in [-0.25, -0.2) is 0 Å². The van der Waals surface area contributed by atoms with Gasteiger partial charge in [-0.05, 0) is 38.0 Å². The van der Waals surface area contributed by atoms with Gasteiger partial charge in [0.1, 0.15) is 0 Å². The van der Waals surface area contributed by atoms with Crippen molar-refractivity contribution in [3.63, 3.8) is 0 Å². The number of hydrogen-bond acceptors (Lipinski definition) is 3. The molecule has 0 aromatic rings. The maximum absolute atomic E-state index is 12.6. The Morgan fingerprint density at radius 2 is 1.94 bits per heavy atom. The van der Waals surface area contributed by atoms with Crippen molar-refractivity contribution < 1.29 is 8.95 Å². The highest BCUT2D eigenvalue weighted by molar-refractivity contribution is 7.86. The van der Waals surface area contributed by atoms with E-state index in [-0.39, 0.29) is 11.3 Å². The van der Waals surface area contributed by atoms with Crippen LogP contribution < -0.4 is 5.73 Å². The van der Waals surface area contributed by atoms with Crippen LogP contribution in [0.4, 0.5) is 0 Å². The molecular formula is C13H25NO2S. The van der Waals surface area contributed by atoms with Gasteiger partial charge in [-0.3, -0.25) is 4.21 Å². The van der Waals surface area contributed by atoms with Crippen molar-refractivity contribution in [3.8, 4) is 0 Å². The second-order valence-electron chi connectivity index (χ2n) is 5.43. The smallest absolute Gasteiger partial charge is 0.0504 e. The Kier molecular flexibility index (Phi) is 5.00. The normalized spacial score (nSPS) is 37.9. The Labute approximate surface area is 107 Å². The number of nitrogens with two attached hydrogens (primary N) is 1. The first-order valence-corrected chi connectivity index (χ1v) is 8.22. The van der Waals surface area contributed by atoms with Crippen LogP contribution in [0.1, 0.15) is 45.4 Å². The second-order valence-corrected chi connectivity index (χ2v) is 7.36. The van der Waals surface area contributed by atoms with Crippen molar-refractivity contribution >= 4 is 10.8 Å². The summed E-state index contributed by atoms with van der Waals surface area (Å²) in [6, 6.07) is 0.154. The second kappa shape index (κ2) is 6.30. The van der Waals surface area contributed by atoms with Gasteiger partial charge in [0.15, 0.2) is 0 Å². The van der Waals surface area contributed by atoms with Crippen LogP contribution in [-0.2, 0) is 15.5 Å². The highest BCUT2D eigenvalue weighted by Gasteiger charge is 2.35. The molecule has 2 fully saturated rings. The molecule has 1 aliphatic heterocycles. The minimum atomic E-state index is -0.750. The number of hydrogen-bond donors (Lipinski definition) is 1. The summed E-state index contributed by atoms with van der Waals surface area (Å²) in [6.07, 6.45) is 6.45. The Balaban J connectivity index is 1.95. The fraction of sp³-hybridized carbons (Fsp3) is 1.00. The van der Waals surface area contributed by atoms with E-state index in [0.717, 1.165) is 44.8 Å². The van der Waals surface area contributed by atoms with Gasteiger partial charge >= 0.3 is 0 Å². The van der Waals surface area contributed by atoms with Crippen molar-refractivity contribution in [2.75, 3.05) is 13.2 Å². The van der Waals surface area contributed by atoms with Crippen LogP contribution >= 0.6 is 0 Å². The lowest BCUT2D eigenvalue weighted by Gasteiger charge is -2.36. The molecule has 2 aliphatic rings. The zero-order chi connectivity index (χ0) is 12.3. The SMILES string of the molecule is CCC1CCC(N)C(S(=O)C2CCOCC2)C1. The van der Waals surface area contributed by atoms with E-state index < -0.39 is 10.8 Å². The molecule has 0 bridgehead atoms. The van der Waals surface area contributed by atoms with Gasteiger partial charge in [0.25, 0.3) is 0 Å². The van der Waals surface area contributed by atoms with Crippen LogP contribution in [0.2, 0.25) is 0 Å². The molecule has 4 unspecified atom stereocenters. The Morgan fingerprint density at radius 1 is 1.24 bits per heavy atom. The van der Waals surface area contributed by atoms with Crippen LogP contribution in [0.5, 0.6) is 0 Å². The van der Waals surface area contributed by atoms with Gasteiger partial charge in [-0.2, -0.15) is 0 Å². The Hall–Kier alpha value is 0.0700. The van der Waals surface area contributed by atoms with E-state index in [0.29, 0.717) is 5.25 Å². The molecule has 0 spiro atoms. The van der Waals surface area contributed by atoms with E-state index in [1.165, 1.54) is 12.8 Å². The fourth-order valence-corrected chi connectivity index (χ4v) is 5.12.